The van der Waals surface area contributed by atoms with Crippen LogP contribution in [0.3, 0.4) is 0 Å². The van der Waals surface area contributed by atoms with Crippen molar-refractivity contribution in [2.45, 2.75) is 0 Å². The standard InChI is InChI=1S/C18H13N3O4/c1-25-18(22)10-2-4-16-12(6-10)14(8-19-16)15-9-20-17-5-3-11(21(23)24)7-13(15)17/h2-9,19-20H,1H3. The second-order valence-electron chi connectivity index (χ2n) is 5.64. The van der Waals surface area contributed by atoms with Crippen molar-refractivity contribution in [1.29, 1.82) is 0 Å². The first-order valence-electron chi connectivity index (χ1n) is 7.54. The monoisotopic (exact) mass is 335 g/mol. The number of benzene rings is 2. The lowest BCUT2D eigenvalue weighted by atomic mass is 10.0. The smallest absolute Gasteiger partial charge is 0.337 e. The summed E-state index contributed by atoms with van der Waals surface area (Å²) >= 11 is 0. The van der Waals surface area contributed by atoms with Gasteiger partial charge in [0.05, 0.1) is 17.6 Å². The Bertz CT molecular complexity index is 1140. The third-order valence-electron chi connectivity index (χ3n) is 4.27. The van der Waals surface area contributed by atoms with Crippen molar-refractivity contribution in [1.82, 2.24) is 9.97 Å². The zero-order valence-corrected chi connectivity index (χ0v) is 13.2. The lowest BCUT2D eigenvalue weighted by Crippen LogP contribution is -2.00. The van der Waals surface area contributed by atoms with Crippen LogP contribution in [0.15, 0.2) is 48.8 Å². The van der Waals surface area contributed by atoms with Crippen molar-refractivity contribution in [3.63, 3.8) is 0 Å². The average Bonchev–Trinajstić information content (AvgIpc) is 3.23. The molecule has 7 nitrogen and oxygen atoms in total. The SMILES string of the molecule is COC(=O)c1ccc2[nH]cc(-c3c[nH]c4ccc([N+](=O)[O-])cc34)c2c1. The van der Waals surface area contributed by atoms with E-state index in [0.29, 0.717) is 5.56 Å². The number of H-pyrrole nitrogens is 2. The average molecular weight is 335 g/mol. The molecule has 2 aromatic heterocycles. The molecule has 7 heteroatoms. The zero-order chi connectivity index (χ0) is 17.6. The number of ether oxygens (including phenoxy) is 1. The summed E-state index contributed by atoms with van der Waals surface area (Å²) in [7, 11) is 1.34. The van der Waals surface area contributed by atoms with Gasteiger partial charge < -0.3 is 14.7 Å². The van der Waals surface area contributed by atoms with Gasteiger partial charge in [-0.15, -0.1) is 0 Å². The maximum atomic E-state index is 11.8. The molecule has 4 rings (SSSR count). The molecule has 124 valence electrons. The Kier molecular flexibility index (Phi) is 3.28. The first kappa shape index (κ1) is 14.9. The van der Waals surface area contributed by atoms with Gasteiger partial charge in [-0.05, 0) is 24.3 Å². The van der Waals surface area contributed by atoms with Crippen LogP contribution in [-0.4, -0.2) is 28.0 Å². The second-order valence-corrected chi connectivity index (χ2v) is 5.64. The van der Waals surface area contributed by atoms with E-state index in [-0.39, 0.29) is 5.69 Å². The number of fused-ring (bicyclic) bond motifs is 2. The van der Waals surface area contributed by atoms with Crippen molar-refractivity contribution in [3.8, 4) is 11.1 Å². The molecule has 0 saturated heterocycles. The van der Waals surface area contributed by atoms with E-state index in [1.807, 2.05) is 18.5 Å². The van der Waals surface area contributed by atoms with Crippen LogP contribution in [0.5, 0.6) is 0 Å². The predicted octanol–water partition coefficient (Wildman–Crippen LogP) is 4.01. The van der Waals surface area contributed by atoms with Crippen molar-refractivity contribution in [2.24, 2.45) is 0 Å². The van der Waals surface area contributed by atoms with Crippen LogP contribution < -0.4 is 0 Å². The van der Waals surface area contributed by atoms with Gasteiger partial charge in [0.15, 0.2) is 0 Å². The molecule has 2 heterocycles. The van der Waals surface area contributed by atoms with Crippen LogP contribution in [0.4, 0.5) is 5.69 Å². The fourth-order valence-electron chi connectivity index (χ4n) is 3.03. The predicted molar refractivity (Wildman–Crippen MR) is 93.6 cm³/mol. The second kappa shape index (κ2) is 5.48. The third kappa shape index (κ3) is 2.33. The fourth-order valence-corrected chi connectivity index (χ4v) is 3.03. The summed E-state index contributed by atoms with van der Waals surface area (Å²) in [6.07, 6.45) is 3.63. The number of carbonyl (C=O) groups is 1. The number of non-ortho nitro benzene ring substituents is 1. The molecule has 0 amide bonds. The Morgan fingerprint density at radius 3 is 2.20 bits per heavy atom. The van der Waals surface area contributed by atoms with Gasteiger partial charge in [0.25, 0.3) is 5.69 Å². The topological polar surface area (TPSA) is 101 Å². The van der Waals surface area contributed by atoms with Crippen LogP contribution in [0.1, 0.15) is 10.4 Å². The van der Waals surface area contributed by atoms with Gasteiger partial charge in [0.1, 0.15) is 0 Å². The number of rotatable bonds is 3. The van der Waals surface area contributed by atoms with Crippen LogP contribution in [0.2, 0.25) is 0 Å². The molecule has 0 fully saturated rings. The molecule has 0 spiro atoms. The van der Waals surface area contributed by atoms with Gasteiger partial charge in [0, 0.05) is 57.5 Å². The number of methoxy groups -OCH3 is 1. The Morgan fingerprint density at radius 2 is 1.60 bits per heavy atom. The van der Waals surface area contributed by atoms with Gasteiger partial charge in [0.2, 0.25) is 0 Å². The van der Waals surface area contributed by atoms with Gasteiger partial charge in [-0.3, -0.25) is 10.1 Å². The summed E-state index contributed by atoms with van der Waals surface area (Å²) in [5, 5.41) is 12.7. The van der Waals surface area contributed by atoms with Crippen molar-refractivity contribution < 1.29 is 14.5 Å². The summed E-state index contributed by atoms with van der Waals surface area (Å²) in [5.74, 6) is -0.413. The number of carbonyl (C=O) groups excluding carboxylic acids is 1. The number of hydrogen-bond acceptors (Lipinski definition) is 4. The number of nitro groups is 1. The highest BCUT2D eigenvalue weighted by Crippen LogP contribution is 2.35. The van der Waals surface area contributed by atoms with Crippen LogP contribution >= 0.6 is 0 Å². The minimum Gasteiger partial charge on any atom is -0.465 e. The molecule has 0 radical (unpaired) electrons. The van der Waals surface area contributed by atoms with Gasteiger partial charge >= 0.3 is 5.97 Å². The van der Waals surface area contributed by atoms with E-state index in [9.17, 15) is 14.9 Å². The molecule has 0 saturated carbocycles. The molecule has 0 aliphatic carbocycles. The molecule has 0 aliphatic rings. The quantitative estimate of drug-likeness (QED) is 0.335. The maximum absolute atomic E-state index is 11.8. The normalized spacial score (nSPS) is 11.1. The highest BCUT2D eigenvalue weighted by Gasteiger charge is 2.16. The van der Waals surface area contributed by atoms with Crippen molar-refractivity contribution >= 4 is 33.5 Å². The van der Waals surface area contributed by atoms with Crippen LogP contribution in [-0.2, 0) is 4.74 Å². The van der Waals surface area contributed by atoms with E-state index >= 15 is 0 Å². The van der Waals surface area contributed by atoms with E-state index in [2.05, 4.69) is 9.97 Å². The lowest BCUT2D eigenvalue weighted by Gasteiger charge is -2.02. The Morgan fingerprint density at radius 1 is 1.00 bits per heavy atom. The Labute approximate surface area is 141 Å². The zero-order valence-electron chi connectivity index (χ0n) is 13.2. The molecular weight excluding hydrogens is 322 g/mol. The highest BCUT2D eigenvalue weighted by molar-refractivity contribution is 6.07. The van der Waals surface area contributed by atoms with E-state index in [1.54, 1.807) is 24.3 Å². The van der Waals surface area contributed by atoms with Crippen molar-refractivity contribution in [2.75, 3.05) is 7.11 Å². The number of aromatic nitrogens is 2. The van der Waals surface area contributed by atoms with E-state index < -0.39 is 10.9 Å². The summed E-state index contributed by atoms with van der Waals surface area (Å²) in [6.45, 7) is 0. The number of nitro benzene ring substituents is 1. The molecule has 25 heavy (non-hydrogen) atoms. The number of esters is 1. The molecule has 0 bridgehead atoms. The lowest BCUT2D eigenvalue weighted by molar-refractivity contribution is -0.384. The molecule has 0 aliphatic heterocycles. The number of aromatic amines is 2. The van der Waals surface area contributed by atoms with E-state index in [0.717, 1.165) is 32.9 Å². The Hall–Kier alpha value is -3.61. The van der Waals surface area contributed by atoms with E-state index in [1.165, 1.54) is 13.2 Å². The summed E-state index contributed by atoms with van der Waals surface area (Å²) < 4.78 is 4.77. The molecule has 2 N–H and O–H groups in total. The molecule has 4 aromatic rings. The summed E-state index contributed by atoms with van der Waals surface area (Å²) in [4.78, 5) is 28.7. The minimum atomic E-state index is -0.416. The molecular formula is C18H13N3O4. The van der Waals surface area contributed by atoms with Crippen LogP contribution in [0.25, 0.3) is 32.9 Å². The van der Waals surface area contributed by atoms with E-state index in [4.69, 9.17) is 4.74 Å². The minimum absolute atomic E-state index is 0.0310. The summed E-state index contributed by atoms with van der Waals surface area (Å²) in [5.41, 5.74) is 3.83. The maximum Gasteiger partial charge on any atom is 0.337 e. The number of nitrogens with zero attached hydrogens (tertiary/aromatic N) is 1. The Balaban J connectivity index is 1.95. The molecule has 0 atom stereocenters. The molecule has 0 unspecified atom stereocenters. The summed E-state index contributed by atoms with van der Waals surface area (Å²) in [6, 6.07) is 9.95. The first-order valence-corrected chi connectivity index (χ1v) is 7.54. The number of nitrogens with one attached hydrogen (secondary N) is 2. The van der Waals surface area contributed by atoms with Gasteiger partial charge in [-0.25, -0.2) is 4.79 Å². The highest BCUT2D eigenvalue weighted by atomic mass is 16.6. The molecule has 2 aromatic carbocycles. The van der Waals surface area contributed by atoms with Gasteiger partial charge in [-0.2, -0.15) is 0 Å². The first-order chi connectivity index (χ1) is 12.1. The van der Waals surface area contributed by atoms with Gasteiger partial charge in [-0.1, -0.05) is 0 Å². The van der Waals surface area contributed by atoms with Crippen LogP contribution in [0, 0.1) is 10.1 Å². The fraction of sp³-hybridized carbons (Fsp3) is 0.0556. The largest absolute Gasteiger partial charge is 0.465 e. The third-order valence-corrected chi connectivity index (χ3v) is 4.27. The number of hydrogen-bond donors (Lipinski definition) is 2. The van der Waals surface area contributed by atoms with Crippen molar-refractivity contribution in [3.05, 3.63) is 64.5 Å².